The smallest absolute Gasteiger partial charge is 0.246 e. The summed E-state index contributed by atoms with van der Waals surface area (Å²) in [5.41, 5.74) is 2.06. The van der Waals surface area contributed by atoms with Crippen molar-refractivity contribution in [2.75, 3.05) is 50.1 Å². The summed E-state index contributed by atoms with van der Waals surface area (Å²) in [5, 5.41) is 2.78. The number of anilines is 2. The van der Waals surface area contributed by atoms with Gasteiger partial charge in [0, 0.05) is 43.2 Å². The molecule has 2 amide bonds. The first-order valence-corrected chi connectivity index (χ1v) is 9.43. The van der Waals surface area contributed by atoms with E-state index in [2.05, 4.69) is 10.2 Å². The minimum Gasteiger partial charge on any atom is -0.378 e. The number of nitrogens with zero attached hydrogens (tertiary/aromatic N) is 2. The van der Waals surface area contributed by atoms with Crippen molar-refractivity contribution in [3.63, 3.8) is 0 Å². The van der Waals surface area contributed by atoms with Gasteiger partial charge >= 0.3 is 0 Å². The highest BCUT2D eigenvalue weighted by Crippen LogP contribution is 2.19. The Morgan fingerprint density at radius 1 is 1.14 bits per heavy atom. The van der Waals surface area contributed by atoms with Crippen molar-refractivity contribution in [1.29, 1.82) is 0 Å². The van der Waals surface area contributed by atoms with E-state index < -0.39 is 5.82 Å². The van der Waals surface area contributed by atoms with Gasteiger partial charge in [0.25, 0.3) is 0 Å². The van der Waals surface area contributed by atoms with Crippen molar-refractivity contribution in [2.24, 2.45) is 0 Å². The number of morpholine rings is 1. The molecule has 0 aromatic heterocycles. The number of likely N-dealkylation sites (N-methyl/N-ethyl adjacent to an activating group) is 1. The molecule has 0 spiro atoms. The highest BCUT2D eigenvalue weighted by Gasteiger charge is 2.13. The molecule has 1 heterocycles. The second-order valence-electron chi connectivity index (χ2n) is 6.74. The largest absolute Gasteiger partial charge is 0.378 e. The number of amides is 2. The fourth-order valence-corrected chi connectivity index (χ4v) is 2.97. The average Bonchev–Trinajstić information content (AvgIpc) is 2.74. The molecule has 0 unspecified atom stereocenters. The number of nitrogens with one attached hydrogen (secondary N) is 1. The Labute approximate surface area is 169 Å². The fourth-order valence-electron chi connectivity index (χ4n) is 2.97. The minimum absolute atomic E-state index is 0.105. The van der Waals surface area contributed by atoms with Gasteiger partial charge in [0.15, 0.2) is 0 Å². The molecule has 1 saturated heterocycles. The third-order valence-corrected chi connectivity index (χ3v) is 4.59. The van der Waals surface area contributed by atoms with Gasteiger partial charge in [0.05, 0.1) is 19.8 Å². The molecule has 0 radical (unpaired) electrons. The van der Waals surface area contributed by atoms with Gasteiger partial charge in [-0.3, -0.25) is 9.59 Å². The summed E-state index contributed by atoms with van der Waals surface area (Å²) in [6, 6.07) is 13.7. The molecule has 6 nitrogen and oxygen atoms in total. The molecule has 1 fully saturated rings. The van der Waals surface area contributed by atoms with Crippen LogP contribution in [0.4, 0.5) is 15.8 Å². The van der Waals surface area contributed by atoms with Gasteiger partial charge in [-0.25, -0.2) is 4.39 Å². The molecule has 1 aliphatic rings. The van der Waals surface area contributed by atoms with Crippen LogP contribution in [0.25, 0.3) is 6.08 Å². The van der Waals surface area contributed by atoms with Crippen LogP contribution in [0.3, 0.4) is 0 Å². The number of rotatable bonds is 6. The second-order valence-corrected chi connectivity index (χ2v) is 6.74. The van der Waals surface area contributed by atoms with Crippen molar-refractivity contribution >= 4 is 29.3 Å². The van der Waals surface area contributed by atoms with E-state index in [0.29, 0.717) is 24.5 Å². The van der Waals surface area contributed by atoms with Gasteiger partial charge in [0.2, 0.25) is 11.8 Å². The SMILES string of the molecule is CN(CC(=O)Nc1ccc(N2CCOCC2)cc1)C(=O)/C=C/c1ccccc1F. The predicted molar refractivity (Wildman–Crippen MR) is 111 cm³/mol. The summed E-state index contributed by atoms with van der Waals surface area (Å²) in [6.07, 6.45) is 2.65. The zero-order valence-electron chi connectivity index (χ0n) is 16.3. The quantitative estimate of drug-likeness (QED) is 0.762. The molecule has 0 bridgehead atoms. The van der Waals surface area contributed by atoms with Crippen molar-refractivity contribution < 1.29 is 18.7 Å². The van der Waals surface area contributed by atoms with E-state index in [1.54, 1.807) is 18.2 Å². The topological polar surface area (TPSA) is 61.9 Å². The number of ether oxygens (including phenoxy) is 1. The third kappa shape index (κ3) is 5.89. The van der Waals surface area contributed by atoms with Crippen molar-refractivity contribution in [3.05, 3.63) is 66.0 Å². The maximum absolute atomic E-state index is 13.6. The summed E-state index contributed by atoms with van der Waals surface area (Å²) in [4.78, 5) is 27.9. The molecule has 0 atom stereocenters. The molecule has 0 aliphatic carbocycles. The molecule has 152 valence electrons. The molecule has 7 heteroatoms. The van der Waals surface area contributed by atoms with E-state index in [-0.39, 0.29) is 18.4 Å². The highest BCUT2D eigenvalue weighted by atomic mass is 19.1. The Morgan fingerprint density at radius 3 is 2.52 bits per heavy atom. The number of carbonyl (C=O) groups excluding carboxylic acids is 2. The van der Waals surface area contributed by atoms with Gasteiger partial charge in [0.1, 0.15) is 5.82 Å². The van der Waals surface area contributed by atoms with E-state index in [9.17, 15) is 14.0 Å². The van der Waals surface area contributed by atoms with Crippen LogP contribution in [0.2, 0.25) is 0 Å². The highest BCUT2D eigenvalue weighted by molar-refractivity contribution is 5.98. The number of benzene rings is 2. The van der Waals surface area contributed by atoms with Gasteiger partial charge in [-0.2, -0.15) is 0 Å². The van der Waals surface area contributed by atoms with Gasteiger partial charge in [-0.1, -0.05) is 18.2 Å². The first kappa shape index (κ1) is 20.5. The molecule has 2 aromatic rings. The summed E-state index contributed by atoms with van der Waals surface area (Å²) in [5.74, 6) is -1.09. The number of carbonyl (C=O) groups is 2. The summed E-state index contributed by atoms with van der Waals surface area (Å²) < 4.78 is 18.9. The van der Waals surface area contributed by atoms with Gasteiger partial charge in [-0.05, 0) is 36.4 Å². The minimum atomic E-state index is -0.405. The molecular formula is C22H24FN3O3. The zero-order chi connectivity index (χ0) is 20.6. The van der Waals surface area contributed by atoms with E-state index in [0.717, 1.165) is 18.8 Å². The Hall–Kier alpha value is -3.19. The predicted octanol–water partition coefficient (Wildman–Crippen LogP) is 2.77. The third-order valence-electron chi connectivity index (χ3n) is 4.59. The van der Waals surface area contributed by atoms with Gasteiger partial charge in [-0.15, -0.1) is 0 Å². The van der Waals surface area contributed by atoms with E-state index in [1.165, 1.54) is 30.2 Å². The van der Waals surface area contributed by atoms with Crippen LogP contribution in [-0.2, 0) is 14.3 Å². The number of hydrogen-bond donors (Lipinski definition) is 1. The molecule has 29 heavy (non-hydrogen) atoms. The first-order chi connectivity index (χ1) is 14.0. The van der Waals surface area contributed by atoms with Crippen LogP contribution in [0.1, 0.15) is 5.56 Å². The Balaban J connectivity index is 1.50. The zero-order valence-corrected chi connectivity index (χ0v) is 16.3. The molecule has 2 aromatic carbocycles. The summed E-state index contributed by atoms with van der Waals surface area (Å²) >= 11 is 0. The van der Waals surface area contributed by atoms with E-state index in [4.69, 9.17) is 4.74 Å². The monoisotopic (exact) mass is 397 g/mol. The maximum atomic E-state index is 13.6. The summed E-state index contributed by atoms with van der Waals surface area (Å²) in [7, 11) is 1.52. The number of hydrogen-bond acceptors (Lipinski definition) is 4. The van der Waals surface area contributed by atoms with Crippen molar-refractivity contribution in [3.8, 4) is 0 Å². The van der Waals surface area contributed by atoms with E-state index in [1.807, 2.05) is 24.3 Å². The van der Waals surface area contributed by atoms with Crippen LogP contribution < -0.4 is 10.2 Å². The molecule has 1 aliphatic heterocycles. The lowest BCUT2D eigenvalue weighted by Gasteiger charge is -2.28. The van der Waals surface area contributed by atoms with Crippen LogP contribution >= 0.6 is 0 Å². The van der Waals surface area contributed by atoms with Crippen LogP contribution in [-0.4, -0.2) is 56.6 Å². The van der Waals surface area contributed by atoms with Gasteiger partial charge < -0.3 is 19.9 Å². The fraction of sp³-hybridized carbons (Fsp3) is 0.273. The Bertz CT molecular complexity index is 877. The Morgan fingerprint density at radius 2 is 1.83 bits per heavy atom. The van der Waals surface area contributed by atoms with Crippen molar-refractivity contribution in [1.82, 2.24) is 4.90 Å². The van der Waals surface area contributed by atoms with E-state index >= 15 is 0 Å². The number of halogens is 1. The molecular weight excluding hydrogens is 373 g/mol. The summed E-state index contributed by atoms with van der Waals surface area (Å²) in [6.45, 7) is 3.01. The second kappa shape index (κ2) is 9.84. The van der Waals surface area contributed by atoms with Crippen molar-refractivity contribution in [2.45, 2.75) is 0 Å². The lowest BCUT2D eigenvalue weighted by molar-refractivity contribution is -0.129. The average molecular weight is 397 g/mol. The molecule has 1 N–H and O–H groups in total. The molecule has 3 rings (SSSR count). The van der Waals surface area contributed by atoms with Crippen LogP contribution in [0.5, 0.6) is 0 Å². The standard InChI is InChI=1S/C22H24FN3O3/c1-25(22(28)11-6-17-4-2-3-5-20(17)23)16-21(27)24-18-7-9-19(10-8-18)26-12-14-29-15-13-26/h2-11H,12-16H2,1H3,(H,24,27)/b11-6+. The maximum Gasteiger partial charge on any atom is 0.246 e. The van der Waals surface area contributed by atoms with Crippen LogP contribution in [0.15, 0.2) is 54.6 Å². The lowest BCUT2D eigenvalue weighted by atomic mass is 10.2. The normalized spacial score (nSPS) is 14.1. The van der Waals surface area contributed by atoms with Crippen LogP contribution in [0, 0.1) is 5.82 Å². The molecule has 0 saturated carbocycles. The first-order valence-electron chi connectivity index (χ1n) is 9.43. The Kier molecular flexibility index (Phi) is 6.97. The lowest BCUT2D eigenvalue weighted by Crippen LogP contribution is -2.36.